The third kappa shape index (κ3) is 13.4. The molecule has 15 heavy (non-hydrogen) atoms. The van der Waals surface area contributed by atoms with Crippen molar-refractivity contribution < 1.29 is 5.11 Å². The summed E-state index contributed by atoms with van der Waals surface area (Å²) in [6, 6.07) is 0. The van der Waals surface area contributed by atoms with Crippen LogP contribution in [0.15, 0.2) is 24.3 Å². The number of rotatable bonds is 10. The quantitative estimate of drug-likeness (QED) is 0.422. The van der Waals surface area contributed by atoms with Gasteiger partial charge in [-0.1, -0.05) is 56.9 Å². The first-order valence-electron chi connectivity index (χ1n) is 6.34. The molecule has 0 aromatic rings. The highest BCUT2D eigenvalue weighted by Crippen LogP contribution is 2.05. The van der Waals surface area contributed by atoms with Gasteiger partial charge in [0.2, 0.25) is 0 Å². The van der Waals surface area contributed by atoms with Gasteiger partial charge in [0, 0.05) is 6.61 Å². The van der Waals surface area contributed by atoms with Crippen LogP contribution in [-0.2, 0) is 0 Å². The van der Waals surface area contributed by atoms with E-state index in [9.17, 15) is 0 Å². The van der Waals surface area contributed by atoms with E-state index < -0.39 is 0 Å². The zero-order valence-corrected chi connectivity index (χ0v) is 10.1. The fourth-order valence-electron chi connectivity index (χ4n) is 1.42. The molecule has 0 spiro atoms. The van der Waals surface area contributed by atoms with Crippen molar-refractivity contribution in [1.82, 2.24) is 0 Å². The van der Waals surface area contributed by atoms with Crippen LogP contribution in [0.2, 0.25) is 0 Å². The average molecular weight is 210 g/mol. The Morgan fingerprint density at radius 2 is 1.40 bits per heavy atom. The van der Waals surface area contributed by atoms with Gasteiger partial charge < -0.3 is 5.11 Å². The van der Waals surface area contributed by atoms with Gasteiger partial charge >= 0.3 is 0 Å². The highest BCUT2D eigenvalue weighted by molar-refractivity contribution is 5.02. The maximum atomic E-state index is 8.56. The van der Waals surface area contributed by atoms with Gasteiger partial charge in [0.15, 0.2) is 0 Å². The lowest BCUT2D eigenvalue weighted by molar-refractivity contribution is 0.289. The Balaban J connectivity index is 3.13. The first-order valence-corrected chi connectivity index (χ1v) is 6.34. The Labute approximate surface area is 94.9 Å². The van der Waals surface area contributed by atoms with E-state index in [-0.39, 0.29) is 0 Å². The fourth-order valence-corrected chi connectivity index (χ4v) is 1.42. The van der Waals surface area contributed by atoms with Gasteiger partial charge in [0.05, 0.1) is 0 Å². The zero-order chi connectivity index (χ0) is 11.2. The predicted molar refractivity (Wildman–Crippen MR) is 68.0 cm³/mol. The first kappa shape index (κ1) is 14.4. The number of aliphatic hydroxyl groups excluding tert-OH is 1. The van der Waals surface area contributed by atoms with Gasteiger partial charge in [-0.05, 0) is 25.7 Å². The molecule has 0 bridgehead atoms. The maximum Gasteiger partial charge on any atom is 0.0433 e. The van der Waals surface area contributed by atoms with Crippen molar-refractivity contribution in [3.05, 3.63) is 24.3 Å². The molecule has 0 radical (unpaired) electrons. The molecule has 0 aromatic carbocycles. The smallest absolute Gasteiger partial charge is 0.0433 e. The van der Waals surface area contributed by atoms with Gasteiger partial charge in [-0.25, -0.2) is 0 Å². The van der Waals surface area contributed by atoms with E-state index in [2.05, 4.69) is 31.2 Å². The summed E-state index contributed by atoms with van der Waals surface area (Å²) in [5.74, 6) is 0. The van der Waals surface area contributed by atoms with Gasteiger partial charge in [0.25, 0.3) is 0 Å². The highest BCUT2D eigenvalue weighted by atomic mass is 16.2. The average Bonchev–Trinajstić information content (AvgIpc) is 2.26. The van der Waals surface area contributed by atoms with Gasteiger partial charge in [-0.15, -0.1) is 0 Å². The SMILES string of the molecule is CCCCCCCC=CC=CCCCO. The number of hydrogen-bond donors (Lipinski definition) is 1. The second-order valence-electron chi connectivity index (χ2n) is 3.93. The summed E-state index contributed by atoms with van der Waals surface area (Å²) < 4.78 is 0. The Bertz CT molecular complexity index is 159. The molecular weight excluding hydrogens is 184 g/mol. The van der Waals surface area contributed by atoms with Gasteiger partial charge in [-0.2, -0.15) is 0 Å². The summed E-state index contributed by atoms with van der Waals surface area (Å²) in [6.45, 7) is 2.54. The van der Waals surface area contributed by atoms with Gasteiger partial charge in [-0.3, -0.25) is 0 Å². The summed E-state index contributed by atoms with van der Waals surface area (Å²) in [6.07, 6.45) is 18.4. The Kier molecular flexibility index (Phi) is 12.9. The first-order chi connectivity index (χ1) is 7.41. The van der Waals surface area contributed by atoms with E-state index in [0.29, 0.717) is 6.61 Å². The Morgan fingerprint density at radius 1 is 0.800 bits per heavy atom. The second kappa shape index (κ2) is 13.4. The third-order valence-corrected chi connectivity index (χ3v) is 2.39. The number of unbranched alkanes of at least 4 members (excludes halogenated alkanes) is 6. The molecule has 88 valence electrons. The van der Waals surface area contributed by atoms with Crippen molar-refractivity contribution in [3.63, 3.8) is 0 Å². The van der Waals surface area contributed by atoms with Crippen LogP contribution >= 0.6 is 0 Å². The van der Waals surface area contributed by atoms with Crippen molar-refractivity contribution in [3.8, 4) is 0 Å². The lowest BCUT2D eigenvalue weighted by Crippen LogP contribution is -1.77. The predicted octanol–water partition coefficient (Wildman–Crippen LogP) is 4.23. The van der Waals surface area contributed by atoms with Crippen molar-refractivity contribution in [2.75, 3.05) is 6.61 Å². The Morgan fingerprint density at radius 3 is 2.00 bits per heavy atom. The maximum absolute atomic E-state index is 8.56. The molecule has 1 N–H and O–H groups in total. The normalized spacial score (nSPS) is 11.9. The molecule has 0 amide bonds. The van der Waals surface area contributed by atoms with E-state index in [1.807, 2.05) is 0 Å². The molecule has 0 unspecified atom stereocenters. The molecule has 0 saturated carbocycles. The van der Waals surface area contributed by atoms with Crippen LogP contribution in [0, 0.1) is 0 Å². The Hall–Kier alpha value is -0.560. The molecule has 0 saturated heterocycles. The van der Waals surface area contributed by atoms with Crippen LogP contribution in [0.4, 0.5) is 0 Å². The molecule has 0 rings (SSSR count). The summed E-state index contributed by atoms with van der Waals surface area (Å²) in [5, 5.41) is 8.56. The van der Waals surface area contributed by atoms with Gasteiger partial charge in [0.1, 0.15) is 0 Å². The second-order valence-corrected chi connectivity index (χ2v) is 3.93. The fraction of sp³-hybridized carbons (Fsp3) is 0.714. The third-order valence-electron chi connectivity index (χ3n) is 2.39. The lowest BCUT2D eigenvalue weighted by atomic mass is 10.1. The van der Waals surface area contributed by atoms with Crippen molar-refractivity contribution in [1.29, 1.82) is 0 Å². The monoisotopic (exact) mass is 210 g/mol. The molecule has 1 nitrogen and oxygen atoms in total. The largest absolute Gasteiger partial charge is 0.396 e. The standard InChI is InChI=1S/C14H26O/c1-2-3-4-5-6-7-8-9-10-11-12-13-14-15/h8-11,15H,2-7,12-14H2,1H3. The summed E-state index contributed by atoms with van der Waals surface area (Å²) in [4.78, 5) is 0. The minimum atomic E-state index is 0.297. The molecule has 1 heteroatoms. The van der Waals surface area contributed by atoms with Crippen LogP contribution in [0.3, 0.4) is 0 Å². The van der Waals surface area contributed by atoms with Crippen LogP contribution in [0.1, 0.15) is 58.3 Å². The molecule has 0 heterocycles. The van der Waals surface area contributed by atoms with Crippen LogP contribution in [0.25, 0.3) is 0 Å². The van der Waals surface area contributed by atoms with E-state index in [0.717, 1.165) is 12.8 Å². The number of allylic oxidation sites excluding steroid dienone is 4. The van der Waals surface area contributed by atoms with Crippen LogP contribution in [-0.4, -0.2) is 11.7 Å². The van der Waals surface area contributed by atoms with Crippen molar-refractivity contribution in [2.24, 2.45) is 0 Å². The highest BCUT2D eigenvalue weighted by Gasteiger charge is 1.85. The molecule has 0 aliphatic rings. The van der Waals surface area contributed by atoms with E-state index in [4.69, 9.17) is 5.11 Å². The molecular formula is C14H26O. The van der Waals surface area contributed by atoms with Crippen LogP contribution in [0.5, 0.6) is 0 Å². The van der Waals surface area contributed by atoms with E-state index >= 15 is 0 Å². The number of hydrogen-bond acceptors (Lipinski definition) is 1. The topological polar surface area (TPSA) is 20.2 Å². The minimum absolute atomic E-state index is 0.297. The van der Waals surface area contributed by atoms with E-state index in [1.54, 1.807) is 0 Å². The zero-order valence-electron chi connectivity index (χ0n) is 10.1. The minimum Gasteiger partial charge on any atom is -0.396 e. The summed E-state index contributed by atoms with van der Waals surface area (Å²) in [7, 11) is 0. The molecule has 0 atom stereocenters. The molecule has 0 aromatic heterocycles. The molecule has 0 fully saturated rings. The van der Waals surface area contributed by atoms with E-state index in [1.165, 1.54) is 38.5 Å². The summed E-state index contributed by atoms with van der Waals surface area (Å²) in [5.41, 5.74) is 0. The molecule has 0 aliphatic carbocycles. The molecule has 0 aliphatic heterocycles. The summed E-state index contributed by atoms with van der Waals surface area (Å²) >= 11 is 0. The van der Waals surface area contributed by atoms with Crippen LogP contribution < -0.4 is 0 Å². The lowest BCUT2D eigenvalue weighted by Gasteiger charge is -1.95. The van der Waals surface area contributed by atoms with Crippen molar-refractivity contribution >= 4 is 0 Å². The number of aliphatic hydroxyl groups is 1. The van der Waals surface area contributed by atoms with Crippen molar-refractivity contribution in [2.45, 2.75) is 58.3 Å².